The maximum Gasteiger partial charge on any atom is 0.315 e. The molecule has 0 saturated heterocycles. The highest BCUT2D eigenvalue weighted by molar-refractivity contribution is 5.74. The molecule has 124 valence electrons. The van der Waals surface area contributed by atoms with Crippen LogP contribution >= 0.6 is 0 Å². The number of urea groups is 1. The molecule has 2 aromatic heterocycles. The largest absolute Gasteiger partial charge is 0.332 e. The molecule has 24 heavy (non-hydrogen) atoms. The first-order chi connectivity index (χ1) is 11.6. The van der Waals surface area contributed by atoms with Crippen molar-refractivity contribution >= 4 is 6.03 Å². The number of hydrogen-bond acceptors (Lipinski definition) is 5. The van der Waals surface area contributed by atoms with Crippen molar-refractivity contribution in [2.45, 2.75) is 19.5 Å². The van der Waals surface area contributed by atoms with Gasteiger partial charge in [-0.25, -0.2) is 19.4 Å². The minimum atomic E-state index is -0.268. The van der Waals surface area contributed by atoms with E-state index >= 15 is 0 Å². The van der Waals surface area contributed by atoms with Gasteiger partial charge in [-0.1, -0.05) is 12.1 Å². The van der Waals surface area contributed by atoms with E-state index in [-0.39, 0.29) is 18.6 Å². The SMILES string of the molecule is CC(NC(=O)NCc1ncn(C)n1)c1ccc(-n2cncn2)cc1. The van der Waals surface area contributed by atoms with Gasteiger partial charge in [0.25, 0.3) is 0 Å². The van der Waals surface area contributed by atoms with Crippen LogP contribution in [0.4, 0.5) is 4.79 Å². The van der Waals surface area contributed by atoms with Gasteiger partial charge in [-0.15, -0.1) is 0 Å². The van der Waals surface area contributed by atoms with Crippen LogP contribution in [0, 0.1) is 0 Å². The van der Waals surface area contributed by atoms with E-state index in [1.807, 2.05) is 31.2 Å². The van der Waals surface area contributed by atoms with E-state index in [1.165, 1.54) is 6.33 Å². The number of hydrogen-bond donors (Lipinski definition) is 2. The zero-order chi connectivity index (χ0) is 16.9. The molecule has 0 aliphatic rings. The van der Waals surface area contributed by atoms with Gasteiger partial charge in [0.15, 0.2) is 5.82 Å². The van der Waals surface area contributed by atoms with Gasteiger partial charge in [-0.05, 0) is 24.6 Å². The first-order valence-corrected chi connectivity index (χ1v) is 7.45. The third-order valence-electron chi connectivity index (χ3n) is 3.48. The minimum Gasteiger partial charge on any atom is -0.332 e. The van der Waals surface area contributed by atoms with Gasteiger partial charge in [0, 0.05) is 7.05 Å². The molecule has 0 aliphatic heterocycles. The summed E-state index contributed by atoms with van der Waals surface area (Å²) in [6.07, 6.45) is 4.71. The number of carbonyl (C=O) groups is 1. The molecule has 3 aromatic rings. The third-order valence-corrected chi connectivity index (χ3v) is 3.48. The van der Waals surface area contributed by atoms with Crippen molar-refractivity contribution in [3.63, 3.8) is 0 Å². The van der Waals surface area contributed by atoms with Gasteiger partial charge < -0.3 is 10.6 Å². The molecule has 0 spiro atoms. The maximum atomic E-state index is 12.0. The Morgan fingerprint density at radius 3 is 2.67 bits per heavy atom. The quantitative estimate of drug-likeness (QED) is 0.727. The molecule has 0 radical (unpaired) electrons. The van der Waals surface area contributed by atoms with Crippen molar-refractivity contribution in [2.24, 2.45) is 7.05 Å². The highest BCUT2D eigenvalue weighted by Gasteiger charge is 2.10. The summed E-state index contributed by atoms with van der Waals surface area (Å²) in [5, 5.41) is 13.8. The predicted molar refractivity (Wildman–Crippen MR) is 86.1 cm³/mol. The van der Waals surface area contributed by atoms with Gasteiger partial charge in [0.05, 0.1) is 18.3 Å². The van der Waals surface area contributed by atoms with Crippen LogP contribution in [0.25, 0.3) is 5.69 Å². The number of amides is 2. The van der Waals surface area contributed by atoms with E-state index in [2.05, 4.69) is 30.8 Å². The maximum absolute atomic E-state index is 12.0. The molecule has 9 heteroatoms. The van der Waals surface area contributed by atoms with Crippen molar-refractivity contribution in [3.8, 4) is 5.69 Å². The Morgan fingerprint density at radius 2 is 2.04 bits per heavy atom. The Balaban J connectivity index is 1.54. The van der Waals surface area contributed by atoms with Crippen LogP contribution in [0.2, 0.25) is 0 Å². The van der Waals surface area contributed by atoms with E-state index in [0.29, 0.717) is 5.82 Å². The van der Waals surface area contributed by atoms with Gasteiger partial charge in [-0.3, -0.25) is 4.68 Å². The highest BCUT2D eigenvalue weighted by atomic mass is 16.2. The van der Waals surface area contributed by atoms with Crippen molar-refractivity contribution in [1.82, 2.24) is 40.2 Å². The summed E-state index contributed by atoms with van der Waals surface area (Å²) in [4.78, 5) is 19.9. The monoisotopic (exact) mass is 326 g/mol. The molecule has 0 fully saturated rings. The van der Waals surface area contributed by atoms with Crippen molar-refractivity contribution < 1.29 is 4.79 Å². The molecular weight excluding hydrogens is 308 g/mol. The first-order valence-electron chi connectivity index (χ1n) is 7.45. The second-order valence-corrected chi connectivity index (χ2v) is 5.31. The Kier molecular flexibility index (Phi) is 4.50. The lowest BCUT2D eigenvalue weighted by molar-refractivity contribution is 0.237. The summed E-state index contributed by atoms with van der Waals surface area (Å²) < 4.78 is 3.27. The molecule has 0 aliphatic carbocycles. The first kappa shape index (κ1) is 15.7. The van der Waals surface area contributed by atoms with Crippen LogP contribution < -0.4 is 10.6 Å². The molecule has 1 unspecified atom stereocenters. The number of rotatable bonds is 5. The molecule has 1 aromatic carbocycles. The van der Waals surface area contributed by atoms with Crippen molar-refractivity contribution in [2.75, 3.05) is 0 Å². The van der Waals surface area contributed by atoms with Crippen LogP contribution in [-0.2, 0) is 13.6 Å². The lowest BCUT2D eigenvalue weighted by Gasteiger charge is -2.15. The Bertz CT molecular complexity index is 793. The number of nitrogens with one attached hydrogen (secondary N) is 2. The Labute approximate surface area is 138 Å². The molecule has 0 bridgehead atoms. The summed E-state index contributed by atoms with van der Waals surface area (Å²) in [7, 11) is 1.78. The van der Waals surface area contributed by atoms with Crippen molar-refractivity contribution in [3.05, 3.63) is 54.6 Å². The number of nitrogens with zero attached hydrogens (tertiary/aromatic N) is 6. The van der Waals surface area contributed by atoms with E-state index in [1.54, 1.807) is 29.1 Å². The second-order valence-electron chi connectivity index (χ2n) is 5.31. The molecule has 9 nitrogen and oxygen atoms in total. The molecule has 2 heterocycles. The van der Waals surface area contributed by atoms with Gasteiger partial charge in [0.2, 0.25) is 0 Å². The number of benzene rings is 1. The number of aryl methyl sites for hydroxylation is 1. The molecular formula is C15H18N8O. The van der Waals surface area contributed by atoms with Crippen LogP contribution in [0.3, 0.4) is 0 Å². The number of carbonyl (C=O) groups excluding carboxylic acids is 1. The average molecular weight is 326 g/mol. The van der Waals surface area contributed by atoms with Crippen LogP contribution in [-0.4, -0.2) is 35.6 Å². The summed E-state index contributed by atoms with van der Waals surface area (Å²) in [5.41, 5.74) is 1.90. The van der Waals surface area contributed by atoms with Crippen LogP contribution in [0.1, 0.15) is 24.4 Å². The fourth-order valence-electron chi connectivity index (χ4n) is 2.21. The molecule has 1 atom stereocenters. The van der Waals surface area contributed by atoms with Gasteiger partial charge >= 0.3 is 6.03 Å². The normalized spacial score (nSPS) is 11.9. The van der Waals surface area contributed by atoms with E-state index in [9.17, 15) is 4.79 Å². The Hall–Kier alpha value is -3.23. The lowest BCUT2D eigenvalue weighted by Crippen LogP contribution is -2.36. The highest BCUT2D eigenvalue weighted by Crippen LogP contribution is 2.14. The van der Waals surface area contributed by atoms with Gasteiger partial charge in [-0.2, -0.15) is 10.2 Å². The minimum absolute atomic E-state index is 0.133. The Morgan fingerprint density at radius 1 is 1.25 bits per heavy atom. The summed E-state index contributed by atoms with van der Waals surface area (Å²) >= 11 is 0. The van der Waals surface area contributed by atoms with Crippen LogP contribution in [0.5, 0.6) is 0 Å². The van der Waals surface area contributed by atoms with E-state index < -0.39 is 0 Å². The second kappa shape index (κ2) is 6.90. The fraction of sp³-hybridized carbons (Fsp3) is 0.267. The molecule has 2 N–H and O–H groups in total. The number of aromatic nitrogens is 6. The van der Waals surface area contributed by atoms with Gasteiger partial charge in [0.1, 0.15) is 19.0 Å². The molecule has 3 rings (SSSR count). The van der Waals surface area contributed by atoms with E-state index in [4.69, 9.17) is 0 Å². The van der Waals surface area contributed by atoms with Crippen LogP contribution in [0.15, 0.2) is 43.2 Å². The van der Waals surface area contributed by atoms with E-state index in [0.717, 1.165) is 11.3 Å². The zero-order valence-electron chi connectivity index (χ0n) is 13.4. The smallest absolute Gasteiger partial charge is 0.315 e. The predicted octanol–water partition coefficient (Wildman–Crippen LogP) is 0.956. The molecule has 0 saturated carbocycles. The topological polar surface area (TPSA) is 103 Å². The fourth-order valence-corrected chi connectivity index (χ4v) is 2.21. The standard InChI is InChI=1S/C15H18N8O/c1-11(20-15(24)17-7-14-18-10-22(2)21-14)12-3-5-13(6-4-12)23-9-16-8-19-23/h3-6,8-11H,7H2,1-2H3,(H2,17,20,24). The summed E-state index contributed by atoms with van der Waals surface area (Å²) in [6, 6.07) is 7.35. The summed E-state index contributed by atoms with van der Waals surface area (Å²) in [5.74, 6) is 0.567. The van der Waals surface area contributed by atoms with Crippen molar-refractivity contribution in [1.29, 1.82) is 0 Å². The summed E-state index contributed by atoms with van der Waals surface area (Å²) in [6.45, 7) is 2.20. The average Bonchev–Trinajstić information content (AvgIpc) is 3.25. The zero-order valence-corrected chi connectivity index (χ0v) is 13.4. The third kappa shape index (κ3) is 3.75. The molecule has 2 amide bonds. The lowest BCUT2D eigenvalue weighted by atomic mass is 10.1.